The van der Waals surface area contributed by atoms with Crippen LogP contribution in [-0.4, -0.2) is 64.6 Å². The maximum absolute atomic E-state index is 15.4. The number of benzene rings is 2. The zero-order chi connectivity index (χ0) is 36.2. The van der Waals surface area contributed by atoms with E-state index in [-0.39, 0.29) is 64.3 Å². The van der Waals surface area contributed by atoms with Gasteiger partial charge in [0.05, 0.1) is 12.6 Å². The monoisotopic (exact) mass is 721 g/mol. The highest BCUT2D eigenvalue weighted by Gasteiger charge is 2.50. The van der Waals surface area contributed by atoms with Gasteiger partial charge in [0.2, 0.25) is 0 Å². The lowest BCUT2D eigenvalue weighted by atomic mass is 9.99. The van der Waals surface area contributed by atoms with Crippen molar-refractivity contribution in [3.63, 3.8) is 0 Å². The number of alkyl halides is 3. The average Bonchev–Trinajstić information content (AvgIpc) is 3.18. The first-order valence-electron chi connectivity index (χ1n) is 16.6. The van der Waals surface area contributed by atoms with Gasteiger partial charge in [-0.1, -0.05) is 47.6 Å². The number of fused-ring (bicyclic) bond motifs is 1. The number of likely N-dealkylation sites (tertiary alicyclic amines) is 1. The lowest BCUT2D eigenvalue weighted by molar-refractivity contribution is -0.0499. The van der Waals surface area contributed by atoms with Gasteiger partial charge in [-0.3, -0.25) is 0 Å². The van der Waals surface area contributed by atoms with Gasteiger partial charge in [-0.15, -0.1) is 0 Å². The Hall–Kier alpha value is -2.58. The van der Waals surface area contributed by atoms with E-state index in [2.05, 4.69) is 0 Å². The fourth-order valence-electron chi connectivity index (χ4n) is 6.77. The number of hydrogen-bond donors (Lipinski definition) is 0. The van der Waals surface area contributed by atoms with Crippen LogP contribution in [0.2, 0.25) is 16.6 Å². The lowest BCUT2D eigenvalue weighted by Crippen LogP contribution is -2.50. The van der Waals surface area contributed by atoms with Gasteiger partial charge in [0, 0.05) is 24.6 Å². The number of hydrogen-bond acceptors (Lipinski definition) is 7. The summed E-state index contributed by atoms with van der Waals surface area (Å²) in [6.45, 7) is 18.7. The van der Waals surface area contributed by atoms with E-state index in [4.69, 9.17) is 18.1 Å². The summed E-state index contributed by atoms with van der Waals surface area (Å²) in [5.41, 5.74) is -5.99. The number of carbonyl (C=O) groups excluding carboxylic acids is 1. The summed E-state index contributed by atoms with van der Waals surface area (Å²) in [6, 6.07) is 5.32. The van der Waals surface area contributed by atoms with Gasteiger partial charge in [0.15, 0.2) is 5.75 Å². The molecule has 1 fully saturated rings. The summed E-state index contributed by atoms with van der Waals surface area (Å²) < 4.78 is 104. The Morgan fingerprint density at radius 2 is 1.62 bits per heavy atom. The van der Waals surface area contributed by atoms with Crippen LogP contribution >= 0.6 is 0 Å². The topological polar surface area (TPSA) is 91.4 Å². The van der Waals surface area contributed by atoms with Crippen LogP contribution in [0.1, 0.15) is 93.6 Å². The van der Waals surface area contributed by atoms with Crippen molar-refractivity contribution in [3.05, 3.63) is 35.6 Å². The molecule has 1 aliphatic rings. The quantitative estimate of drug-likeness (QED) is 0.0709. The van der Waals surface area contributed by atoms with Crippen molar-refractivity contribution in [2.24, 2.45) is 0 Å². The highest BCUT2D eigenvalue weighted by atomic mass is 32.2. The molecule has 1 heterocycles. The molecule has 0 spiro atoms. The minimum absolute atomic E-state index is 0.00589. The smallest absolute Gasteiger partial charge is 0.534 e. The van der Waals surface area contributed by atoms with Gasteiger partial charge < -0.3 is 23.0 Å². The third-order valence-corrected chi connectivity index (χ3v) is 15.8. The average molecular weight is 722 g/mol. The predicted molar refractivity (Wildman–Crippen MR) is 181 cm³/mol. The molecule has 1 saturated heterocycles. The molecule has 1 amide bonds. The molecule has 0 saturated carbocycles. The van der Waals surface area contributed by atoms with E-state index in [1.54, 1.807) is 31.7 Å². The summed E-state index contributed by atoms with van der Waals surface area (Å²) in [6.07, 6.45) is 1.95. The minimum Gasteiger partial charge on any atom is -0.543 e. The largest absolute Gasteiger partial charge is 0.543 e. The van der Waals surface area contributed by atoms with E-state index in [0.717, 1.165) is 18.9 Å². The Balaban J connectivity index is 1.94. The van der Waals surface area contributed by atoms with Crippen LogP contribution in [0.3, 0.4) is 0 Å². The molecule has 272 valence electrons. The summed E-state index contributed by atoms with van der Waals surface area (Å²) in [7, 11) is -8.70. The van der Waals surface area contributed by atoms with Crippen molar-refractivity contribution in [1.29, 1.82) is 0 Å². The molecule has 14 heteroatoms. The molecule has 0 aliphatic carbocycles. The fourth-order valence-corrected chi connectivity index (χ4v) is 12.5. The van der Waals surface area contributed by atoms with Crippen molar-refractivity contribution in [2.45, 2.75) is 128 Å². The molecule has 1 unspecified atom stereocenters. The molecule has 1 aliphatic heterocycles. The Labute approximate surface area is 283 Å². The van der Waals surface area contributed by atoms with Crippen LogP contribution in [0.5, 0.6) is 11.5 Å². The summed E-state index contributed by atoms with van der Waals surface area (Å²) in [4.78, 5) is 14.3. The molecule has 1 atom stereocenters. The Bertz CT molecular complexity index is 1500. The molecule has 2 aromatic carbocycles. The van der Waals surface area contributed by atoms with E-state index < -0.39 is 47.2 Å². The van der Waals surface area contributed by atoms with E-state index in [1.165, 1.54) is 12.1 Å². The Kier molecular flexibility index (Phi) is 12.9. The summed E-state index contributed by atoms with van der Waals surface area (Å²) in [5.74, 6) is -1.20. The normalized spacial score (nSPS) is 16.9. The molecular formula is C34H51F4NO7SSi. The first-order valence-corrected chi connectivity index (χ1v) is 20.2. The number of amides is 1. The second kappa shape index (κ2) is 15.5. The summed E-state index contributed by atoms with van der Waals surface area (Å²) >= 11 is 0. The number of nitrogens with zero attached hydrogens (tertiary/aromatic N) is 1. The standard InChI is InChI=1S/C34H51F4NO7SSi/c1-22(2)48(23(3)4,24(5)6)46-27-19-25-15-16-29(35)28(31(25)30(20-27)45-47(41,42)34(36,37)38)14-12-18-43-26-13-10-11-17-39(21-26)32(40)44-33(7,8)9/h15-16,19-20,22-24,26H,10-14,17-18,21H2,1-9H3. The predicted octanol–water partition coefficient (Wildman–Crippen LogP) is 9.50. The number of ether oxygens (including phenoxy) is 2. The molecule has 0 aromatic heterocycles. The van der Waals surface area contributed by atoms with Crippen molar-refractivity contribution in [1.82, 2.24) is 4.90 Å². The van der Waals surface area contributed by atoms with E-state index >= 15 is 4.39 Å². The maximum atomic E-state index is 15.4. The second-order valence-corrected chi connectivity index (χ2v) is 21.4. The highest BCUT2D eigenvalue weighted by Crippen LogP contribution is 2.45. The van der Waals surface area contributed by atoms with Gasteiger partial charge in [0.25, 0.3) is 8.32 Å². The van der Waals surface area contributed by atoms with E-state index in [0.29, 0.717) is 19.5 Å². The first-order chi connectivity index (χ1) is 22.1. The van der Waals surface area contributed by atoms with E-state index in [1.807, 2.05) is 41.5 Å². The lowest BCUT2D eigenvalue weighted by Gasteiger charge is -2.42. The molecule has 0 N–H and O–H groups in total. The number of rotatable bonds is 12. The van der Waals surface area contributed by atoms with Crippen LogP contribution in [-0.2, 0) is 26.0 Å². The van der Waals surface area contributed by atoms with Gasteiger partial charge in [0.1, 0.15) is 17.2 Å². The van der Waals surface area contributed by atoms with Crippen molar-refractivity contribution in [3.8, 4) is 11.5 Å². The third kappa shape index (κ3) is 9.56. The van der Waals surface area contributed by atoms with E-state index in [9.17, 15) is 26.4 Å². The highest BCUT2D eigenvalue weighted by molar-refractivity contribution is 7.88. The van der Waals surface area contributed by atoms with Gasteiger partial charge >= 0.3 is 21.7 Å². The molecule has 48 heavy (non-hydrogen) atoms. The van der Waals surface area contributed by atoms with Gasteiger partial charge in [-0.2, -0.15) is 21.6 Å². The molecule has 3 rings (SSSR count). The van der Waals surface area contributed by atoms with Gasteiger partial charge in [-0.25, -0.2) is 9.18 Å². The molecular weight excluding hydrogens is 671 g/mol. The Morgan fingerprint density at radius 3 is 2.19 bits per heavy atom. The molecule has 8 nitrogen and oxygen atoms in total. The molecule has 2 aromatic rings. The SMILES string of the molecule is CC(C)[Si](Oc1cc(OS(=O)(=O)C(F)(F)F)c2c(CCCOC3CCCCN(C(=O)OC(C)(C)C)C3)c(F)ccc2c1)(C(C)C)C(C)C. The van der Waals surface area contributed by atoms with Crippen molar-refractivity contribution < 1.29 is 48.9 Å². The number of carbonyl (C=O) groups is 1. The fraction of sp³-hybridized carbons (Fsp3) is 0.676. The van der Waals surface area contributed by atoms with Crippen LogP contribution < -0.4 is 8.61 Å². The van der Waals surface area contributed by atoms with Crippen LogP contribution in [0.15, 0.2) is 24.3 Å². The third-order valence-electron chi connectivity index (χ3n) is 8.79. The first kappa shape index (κ1) is 39.9. The van der Waals surface area contributed by atoms with Crippen LogP contribution in [0, 0.1) is 5.82 Å². The van der Waals surface area contributed by atoms with Crippen molar-refractivity contribution >= 4 is 35.3 Å². The van der Waals surface area contributed by atoms with Crippen molar-refractivity contribution in [2.75, 3.05) is 19.7 Å². The minimum atomic E-state index is -6.08. The summed E-state index contributed by atoms with van der Waals surface area (Å²) in [5, 5.41) is 0.208. The van der Waals surface area contributed by atoms with Gasteiger partial charge in [-0.05, 0) is 92.6 Å². The number of aryl methyl sites for hydroxylation is 1. The zero-order valence-electron chi connectivity index (χ0n) is 29.5. The Morgan fingerprint density at radius 1 is 1.00 bits per heavy atom. The molecule has 0 radical (unpaired) electrons. The maximum Gasteiger partial charge on any atom is 0.534 e. The number of halogens is 4. The second-order valence-electron chi connectivity index (χ2n) is 14.5. The van der Waals surface area contributed by atoms with Crippen LogP contribution in [0.25, 0.3) is 10.8 Å². The van der Waals surface area contributed by atoms with Crippen LogP contribution in [0.4, 0.5) is 22.4 Å². The molecule has 0 bridgehead atoms. The zero-order valence-corrected chi connectivity index (χ0v) is 31.3.